The second-order valence-corrected chi connectivity index (χ2v) is 7.77. The largest absolute Gasteiger partial charge is 0.497 e. The van der Waals surface area contributed by atoms with Crippen LogP contribution in [-0.4, -0.2) is 72.8 Å². The average Bonchev–Trinajstić information content (AvgIpc) is 2.62. The van der Waals surface area contributed by atoms with E-state index < -0.39 is 5.97 Å². The van der Waals surface area contributed by atoms with Gasteiger partial charge in [0.1, 0.15) is 5.75 Å². The summed E-state index contributed by atoms with van der Waals surface area (Å²) in [4.78, 5) is 27.0. The number of carbonyl (C=O) groups is 2. The van der Waals surface area contributed by atoms with Crippen LogP contribution in [0.3, 0.4) is 0 Å². The van der Waals surface area contributed by atoms with Gasteiger partial charge in [0.25, 0.3) is 0 Å². The Balaban J connectivity index is 1.71. The van der Waals surface area contributed by atoms with E-state index in [1.807, 2.05) is 31.0 Å². The predicted octanol–water partition coefficient (Wildman–Crippen LogP) is 2.45. The maximum Gasteiger partial charge on any atom is 0.317 e. The van der Waals surface area contributed by atoms with Crippen molar-refractivity contribution in [3.05, 3.63) is 29.8 Å². The number of carboxylic acid groups (broad SMARTS) is 1. The van der Waals surface area contributed by atoms with Crippen LogP contribution in [-0.2, 0) is 11.2 Å². The molecule has 1 aliphatic carbocycles. The maximum atomic E-state index is 12.4. The van der Waals surface area contributed by atoms with Crippen molar-refractivity contribution in [1.82, 2.24) is 15.1 Å². The number of carboxylic acids is 1. The van der Waals surface area contributed by atoms with Gasteiger partial charge in [-0.25, -0.2) is 4.79 Å². The lowest BCUT2D eigenvalue weighted by Gasteiger charge is -2.42. The highest BCUT2D eigenvalue weighted by Crippen LogP contribution is 2.25. The second kappa shape index (κ2) is 10.3. The zero-order chi connectivity index (χ0) is 20.7. The lowest BCUT2D eigenvalue weighted by molar-refractivity contribution is -0.139. The minimum Gasteiger partial charge on any atom is -0.497 e. The first kappa shape index (κ1) is 22.0. The highest BCUT2D eigenvalue weighted by molar-refractivity contribution is 5.74. The molecule has 0 saturated heterocycles. The van der Waals surface area contributed by atoms with Crippen molar-refractivity contribution < 1.29 is 19.4 Å². The highest BCUT2D eigenvalue weighted by Gasteiger charge is 2.35. The van der Waals surface area contributed by atoms with Crippen LogP contribution in [0.15, 0.2) is 24.3 Å². The monoisotopic (exact) mass is 391 g/mol. The molecule has 28 heavy (non-hydrogen) atoms. The zero-order valence-corrected chi connectivity index (χ0v) is 17.4. The highest BCUT2D eigenvalue weighted by atomic mass is 16.5. The van der Waals surface area contributed by atoms with Gasteiger partial charge < -0.3 is 20.1 Å². The molecule has 7 heteroatoms. The van der Waals surface area contributed by atoms with Crippen molar-refractivity contribution in [2.24, 2.45) is 5.92 Å². The third-order valence-corrected chi connectivity index (χ3v) is 5.38. The SMILES string of the molecule is CCN(CC(=O)O)C1CC(NC(=O)N(C)CC(C)Cc2ccc(OC)cc2)C1. The number of ether oxygens (including phenoxy) is 1. The molecule has 1 aromatic rings. The summed E-state index contributed by atoms with van der Waals surface area (Å²) in [6.07, 6.45) is 2.51. The number of carbonyl (C=O) groups excluding carboxylic acids is 1. The number of nitrogens with one attached hydrogen (secondary N) is 1. The minimum atomic E-state index is -0.806. The number of hydrogen-bond donors (Lipinski definition) is 2. The molecule has 0 bridgehead atoms. The fourth-order valence-electron chi connectivity index (χ4n) is 3.74. The molecule has 2 amide bonds. The number of nitrogens with zero attached hydrogens (tertiary/aromatic N) is 2. The smallest absolute Gasteiger partial charge is 0.317 e. The molecule has 156 valence electrons. The van der Waals surface area contributed by atoms with E-state index in [4.69, 9.17) is 9.84 Å². The first-order valence-electron chi connectivity index (χ1n) is 9.92. The van der Waals surface area contributed by atoms with E-state index in [1.54, 1.807) is 12.0 Å². The standard InChI is InChI=1S/C21H33N3O4/c1-5-24(14-20(25)26)18-11-17(12-18)22-21(27)23(3)13-15(2)10-16-6-8-19(28-4)9-7-16/h6-9,15,17-18H,5,10-14H2,1-4H3,(H,22,27)(H,25,26). The minimum absolute atomic E-state index is 0.0601. The Hall–Kier alpha value is -2.28. The fraction of sp³-hybridized carbons (Fsp3) is 0.619. The number of urea groups is 1. The van der Waals surface area contributed by atoms with Gasteiger partial charge in [-0.3, -0.25) is 9.69 Å². The van der Waals surface area contributed by atoms with Gasteiger partial charge in [0.15, 0.2) is 0 Å². The molecular weight excluding hydrogens is 358 g/mol. The molecule has 0 spiro atoms. The number of benzene rings is 1. The summed E-state index contributed by atoms with van der Waals surface area (Å²) in [5.41, 5.74) is 1.22. The molecule has 1 fully saturated rings. The van der Waals surface area contributed by atoms with Crippen molar-refractivity contribution >= 4 is 12.0 Å². The summed E-state index contributed by atoms with van der Waals surface area (Å²) in [6.45, 7) is 5.55. The summed E-state index contributed by atoms with van der Waals surface area (Å²) in [6, 6.07) is 8.32. The van der Waals surface area contributed by atoms with Crippen LogP contribution in [0, 0.1) is 5.92 Å². The number of rotatable bonds is 10. The Morgan fingerprint density at radius 2 is 1.93 bits per heavy atom. The topological polar surface area (TPSA) is 82.1 Å². The van der Waals surface area contributed by atoms with E-state index in [0.29, 0.717) is 19.0 Å². The molecule has 1 aromatic carbocycles. The van der Waals surface area contributed by atoms with Crippen LogP contribution >= 0.6 is 0 Å². The number of aliphatic carboxylic acids is 1. The van der Waals surface area contributed by atoms with Crippen molar-refractivity contribution in [2.75, 3.05) is 33.8 Å². The normalized spacial score (nSPS) is 19.6. The van der Waals surface area contributed by atoms with E-state index in [9.17, 15) is 9.59 Å². The number of methoxy groups -OCH3 is 1. The summed E-state index contributed by atoms with van der Waals surface area (Å²) >= 11 is 0. The van der Waals surface area contributed by atoms with Crippen LogP contribution < -0.4 is 10.1 Å². The molecule has 7 nitrogen and oxygen atoms in total. The number of hydrogen-bond acceptors (Lipinski definition) is 4. The molecule has 0 heterocycles. The van der Waals surface area contributed by atoms with Crippen molar-refractivity contribution in [2.45, 2.75) is 45.2 Å². The molecule has 0 aliphatic heterocycles. The summed E-state index contributed by atoms with van der Waals surface area (Å²) in [5.74, 6) is 0.376. The summed E-state index contributed by atoms with van der Waals surface area (Å²) in [5, 5.41) is 12.0. The molecule has 1 saturated carbocycles. The summed E-state index contributed by atoms with van der Waals surface area (Å²) < 4.78 is 5.18. The molecule has 1 unspecified atom stereocenters. The van der Waals surface area contributed by atoms with E-state index in [2.05, 4.69) is 24.4 Å². The van der Waals surface area contributed by atoms with Crippen molar-refractivity contribution in [3.8, 4) is 5.75 Å². The van der Waals surface area contributed by atoms with Crippen LogP contribution in [0.1, 0.15) is 32.3 Å². The molecule has 0 aromatic heterocycles. The molecule has 2 rings (SSSR count). The Kier molecular flexibility index (Phi) is 8.11. The Morgan fingerprint density at radius 1 is 1.29 bits per heavy atom. The van der Waals surface area contributed by atoms with Crippen LogP contribution in [0.2, 0.25) is 0 Å². The summed E-state index contributed by atoms with van der Waals surface area (Å²) in [7, 11) is 3.47. The van der Waals surface area contributed by atoms with E-state index >= 15 is 0 Å². The maximum absolute atomic E-state index is 12.4. The Labute approximate surface area is 167 Å². The third-order valence-electron chi connectivity index (χ3n) is 5.38. The van der Waals surface area contributed by atoms with Gasteiger partial charge in [-0.05, 0) is 49.4 Å². The predicted molar refractivity (Wildman–Crippen MR) is 109 cm³/mol. The quantitative estimate of drug-likeness (QED) is 0.640. The van der Waals surface area contributed by atoms with Crippen LogP contribution in [0.4, 0.5) is 4.79 Å². The van der Waals surface area contributed by atoms with Crippen molar-refractivity contribution in [3.63, 3.8) is 0 Å². The fourth-order valence-corrected chi connectivity index (χ4v) is 3.74. The van der Waals surface area contributed by atoms with Gasteiger partial charge in [0, 0.05) is 25.7 Å². The van der Waals surface area contributed by atoms with E-state index in [1.165, 1.54) is 5.56 Å². The molecule has 1 atom stereocenters. The van der Waals surface area contributed by atoms with Gasteiger partial charge in [-0.2, -0.15) is 0 Å². The molecule has 0 radical (unpaired) electrons. The van der Waals surface area contributed by atoms with E-state index in [-0.39, 0.29) is 24.7 Å². The van der Waals surface area contributed by atoms with Gasteiger partial charge in [-0.15, -0.1) is 0 Å². The van der Waals surface area contributed by atoms with Gasteiger partial charge in [0.2, 0.25) is 0 Å². The number of likely N-dealkylation sites (N-methyl/N-ethyl adjacent to an activating group) is 1. The average molecular weight is 392 g/mol. The Bertz CT molecular complexity index is 644. The second-order valence-electron chi connectivity index (χ2n) is 7.77. The van der Waals surface area contributed by atoms with Crippen molar-refractivity contribution in [1.29, 1.82) is 0 Å². The molecule has 2 N–H and O–H groups in total. The first-order chi connectivity index (χ1) is 13.3. The van der Waals surface area contributed by atoms with Gasteiger partial charge in [0.05, 0.1) is 13.7 Å². The third kappa shape index (κ3) is 6.41. The lowest BCUT2D eigenvalue weighted by atomic mass is 9.85. The first-order valence-corrected chi connectivity index (χ1v) is 9.92. The van der Waals surface area contributed by atoms with E-state index in [0.717, 1.165) is 25.0 Å². The number of amides is 2. The molecule has 1 aliphatic rings. The Morgan fingerprint density at radius 3 is 2.46 bits per heavy atom. The zero-order valence-electron chi connectivity index (χ0n) is 17.4. The lowest BCUT2D eigenvalue weighted by Crippen LogP contribution is -2.56. The van der Waals surface area contributed by atoms with Gasteiger partial charge in [-0.1, -0.05) is 26.0 Å². The van der Waals surface area contributed by atoms with Crippen LogP contribution in [0.25, 0.3) is 0 Å². The molecular formula is C21H33N3O4. The van der Waals surface area contributed by atoms with Crippen LogP contribution in [0.5, 0.6) is 5.75 Å². The van der Waals surface area contributed by atoms with Gasteiger partial charge >= 0.3 is 12.0 Å².